The number of sulfonamides is 1. The van der Waals surface area contributed by atoms with Crippen LogP contribution in [0.15, 0.2) is 18.2 Å². The minimum Gasteiger partial charge on any atom is -0.354 e. The first-order chi connectivity index (χ1) is 9.86. The fraction of sp³-hybridized carbons (Fsp3) is 0.643. The highest BCUT2D eigenvalue weighted by Crippen LogP contribution is 2.15. The van der Waals surface area contributed by atoms with Crippen molar-refractivity contribution in [2.75, 3.05) is 37.3 Å². The van der Waals surface area contributed by atoms with Crippen LogP contribution in [0.5, 0.6) is 0 Å². The number of piperazine rings is 1. The molecule has 2 rings (SSSR count). The number of nitrogens with one attached hydrogen (secondary N) is 1. The van der Waals surface area contributed by atoms with E-state index in [-0.39, 0.29) is 0 Å². The number of aromatic nitrogens is 1. The molecule has 1 aromatic rings. The molecule has 1 saturated heterocycles. The predicted octanol–water partition coefficient (Wildman–Crippen LogP) is 0.661. The van der Waals surface area contributed by atoms with E-state index in [2.05, 4.69) is 29.0 Å². The Morgan fingerprint density at radius 3 is 2.48 bits per heavy atom. The van der Waals surface area contributed by atoms with Crippen LogP contribution >= 0.6 is 0 Å². The maximum absolute atomic E-state index is 11.5. The minimum absolute atomic E-state index is 0.425. The van der Waals surface area contributed by atoms with Crippen LogP contribution in [0.1, 0.15) is 19.5 Å². The van der Waals surface area contributed by atoms with Crippen LogP contribution in [0.2, 0.25) is 0 Å². The lowest BCUT2D eigenvalue weighted by molar-refractivity contribution is 0.387. The summed E-state index contributed by atoms with van der Waals surface area (Å²) in [6.07, 6.45) is 1.26. The van der Waals surface area contributed by atoms with Gasteiger partial charge in [-0.25, -0.2) is 13.4 Å². The summed E-state index contributed by atoms with van der Waals surface area (Å²) in [5.41, 5.74) is 1.01. The topological polar surface area (TPSA) is 65.5 Å². The molecule has 6 nitrogen and oxygen atoms in total. The predicted molar refractivity (Wildman–Crippen MR) is 84.8 cm³/mol. The zero-order valence-electron chi connectivity index (χ0n) is 12.9. The molecule has 118 valence electrons. The molecule has 1 aromatic heterocycles. The van der Waals surface area contributed by atoms with Crippen LogP contribution in [0.4, 0.5) is 5.82 Å². The zero-order valence-corrected chi connectivity index (χ0v) is 13.7. The first-order valence-corrected chi connectivity index (χ1v) is 9.10. The summed E-state index contributed by atoms with van der Waals surface area (Å²) >= 11 is 0. The Kier molecular flexibility index (Phi) is 5.18. The Morgan fingerprint density at radius 2 is 1.90 bits per heavy atom. The Balaban J connectivity index is 1.98. The zero-order chi connectivity index (χ0) is 15.5. The van der Waals surface area contributed by atoms with Crippen molar-refractivity contribution in [1.82, 2.24) is 14.6 Å². The van der Waals surface area contributed by atoms with E-state index in [1.807, 2.05) is 18.2 Å². The van der Waals surface area contributed by atoms with Crippen molar-refractivity contribution in [3.63, 3.8) is 0 Å². The van der Waals surface area contributed by atoms with Crippen LogP contribution in [-0.2, 0) is 16.6 Å². The first kappa shape index (κ1) is 16.2. The molecule has 0 spiro atoms. The average molecular weight is 312 g/mol. The van der Waals surface area contributed by atoms with E-state index in [9.17, 15) is 8.42 Å². The number of nitrogens with zero attached hydrogens (tertiary/aromatic N) is 3. The largest absolute Gasteiger partial charge is 0.354 e. The standard InChI is InChI=1S/C14H24N4O2S/c1-12(2)15-11-13-5-4-6-14(16-13)17-7-9-18(10-8-17)21(3,19)20/h4-6,12,15H,7-11H2,1-3H3. The summed E-state index contributed by atoms with van der Waals surface area (Å²) < 4.78 is 24.6. The Labute approximate surface area is 127 Å². The van der Waals surface area contributed by atoms with E-state index in [0.717, 1.165) is 18.1 Å². The monoisotopic (exact) mass is 312 g/mol. The van der Waals surface area contributed by atoms with E-state index < -0.39 is 10.0 Å². The van der Waals surface area contributed by atoms with Crippen LogP contribution < -0.4 is 10.2 Å². The van der Waals surface area contributed by atoms with E-state index in [0.29, 0.717) is 32.2 Å². The van der Waals surface area contributed by atoms with E-state index >= 15 is 0 Å². The third kappa shape index (κ3) is 4.66. The van der Waals surface area contributed by atoms with Gasteiger partial charge in [0.25, 0.3) is 0 Å². The van der Waals surface area contributed by atoms with Crippen molar-refractivity contribution < 1.29 is 8.42 Å². The molecule has 0 amide bonds. The molecule has 0 atom stereocenters. The number of pyridine rings is 1. The van der Waals surface area contributed by atoms with Crippen molar-refractivity contribution in [1.29, 1.82) is 0 Å². The second-order valence-electron chi connectivity index (χ2n) is 5.67. The smallest absolute Gasteiger partial charge is 0.211 e. The average Bonchev–Trinajstić information content (AvgIpc) is 2.45. The van der Waals surface area contributed by atoms with Gasteiger partial charge in [-0.1, -0.05) is 19.9 Å². The number of hydrogen-bond donors (Lipinski definition) is 1. The fourth-order valence-electron chi connectivity index (χ4n) is 2.30. The Bertz CT molecular complexity index is 566. The summed E-state index contributed by atoms with van der Waals surface area (Å²) in [5.74, 6) is 0.922. The van der Waals surface area contributed by atoms with Gasteiger partial charge in [-0.2, -0.15) is 4.31 Å². The maximum Gasteiger partial charge on any atom is 0.211 e. The summed E-state index contributed by atoms with van der Waals surface area (Å²) in [6.45, 7) is 7.36. The van der Waals surface area contributed by atoms with Gasteiger partial charge in [0.15, 0.2) is 0 Å². The van der Waals surface area contributed by atoms with Crippen molar-refractivity contribution in [2.45, 2.75) is 26.4 Å². The molecule has 2 heterocycles. The van der Waals surface area contributed by atoms with Gasteiger partial charge in [-0.3, -0.25) is 0 Å². The van der Waals surface area contributed by atoms with Gasteiger partial charge in [0.2, 0.25) is 10.0 Å². The molecule has 21 heavy (non-hydrogen) atoms. The van der Waals surface area contributed by atoms with Crippen LogP contribution in [0, 0.1) is 0 Å². The van der Waals surface area contributed by atoms with Crippen LogP contribution in [-0.4, -0.2) is 56.2 Å². The second-order valence-corrected chi connectivity index (χ2v) is 7.65. The van der Waals surface area contributed by atoms with Gasteiger partial charge in [0.1, 0.15) is 5.82 Å². The molecule has 0 bridgehead atoms. The number of anilines is 1. The van der Waals surface area contributed by atoms with Crippen molar-refractivity contribution in [3.05, 3.63) is 23.9 Å². The van der Waals surface area contributed by atoms with Gasteiger partial charge in [0, 0.05) is 38.8 Å². The van der Waals surface area contributed by atoms with Crippen molar-refractivity contribution in [2.24, 2.45) is 0 Å². The summed E-state index contributed by atoms with van der Waals surface area (Å²) in [6, 6.07) is 6.41. The fourth-order valence-corrected chi connectivity index (χ4v) is 3.13. The van der Waals surface area contributed by atoms with Crippen LogP contribution in [0.3, 0.4) is 0 Å². The first-order valence-electron chi connectivity index (χ1n) is 7.25. The molecule has 1 N–H and O–H groups in total. The summed E-state index contributed by atoms with van der Waals surface area (Å²) in [7, 11) is -3.08. The molecular formula is C14H24N4O2S. The second kappa shape index (κ2) is 6.72. The number of rotatable bonds is 5. The lowest BCUT2D eigenvalue weighted by Gasteiger charge is -2.34. The van der Waals surface area contributed by atoms with E-state index in [1.54, 1.807) is 0 Å². The minimum atomic E-state index is -3.08. The van der Waals surface area contributed by atoms with Crippen molar-refractivity contribution in [3.8, 4) is 0 Å². The highest BCUT2D eigenvalue weighted by atomic mass is 32.2. The SMILES string of the molecule is CC(C)NCc1cccc(N2CCN(S(C)(=O)=O)CC2)n1. The van der Waals surface area contributed by atoms with E-state index in [4.69, 9.17) is 0 Å². The van der Waals surface area contributed by atoms with Gasteiger partial charge in [-0.15, -0.1) is 0 Å². The van der Waals surface area contributed by atoms with Gasteiger partial charge in [0.05, 0.1) is 11.9 Å². The molecule has 1 aliphatic rings. The molecular weight excluding hydrogens is 288 g/mol. The normalized spacial score (nSPS) is 17.4. The Morgan fingerprint density at radius 1 is 1.24 bits per heavy atom. The number of hydrogen-bond acceptors (Lipinski definition) is 5. The maximum atomic E-state index is 11.5. The quantitative estimate of drug-likeness (QED) is 0.865. The summed E-state index contributed by atoms with van der Waals surface area (Å²) in [5, 5.41) is 3.35. The lowest BCUT2D eigenvalue weighted by Crippen LogP contribution is -2.48. The molecule has 0 radical (unpaired) electrons. The van der Waals surface area contributed by atoms with Crippen molar-refractivity contribution >= 4 is 15.8 Å². The lowest BCUT2D eigenvalue weighted by atomic mass is 10.3. The molecule has 1 aliphatic heterocycles. The van der Waals surface area contributed by atoms with Gasteiger partial charge < -0.3 is 10.2 Å². The Hall–Kier alpha value is -1.18. The van der Waals surface area contributed by atoms with Gasteiger partial charge >= 0.3 is 0 Å². The highest BCUT2D eigenvalue weighted by molar-refractivity contribution is 7.88. The van der Waals surface area contributed by atoms with Gasteiger partial charge in [-0.05, 0) is 12.1 Å². The third-order valence-electron chi connectivity index (χ3n) is 3.52. The van der Waals surface area contributed by atoms with E-state index in [1.165, 1.54) is 10.6 Å². The van der Waals surface area contributed by atoms with Crippen LogP contribution in [0.25, 0.3) is 0 Å². The third-order valence-corrected chi connectivity index (χ3v) is 4.82. The highest BCUT2D eigenvalue weighted by Gasteiger charge is 2.23. The molecule has 0 aliphatic carbocycles. The molecule has 1 fully saturated rings. The molecule has 0 aromatic carbocycles. The molecule has 0 unspecified atom stereocenters. The molecule has 0 saturated carbocycles. The molecule has 7 heteroatoms. The summed E-state index contributed by atoms with van der Waals surface area (Å²) in [4.78, 5) is 6.79.